The van der Waals surface area contributed by atoms with Gasteiger partial charge >= 0.3 is 0 Å². The molecule has 20 heavy (non-hydrogen) atoms. The number of nitrogen functional groups attached to an aromatic ring is 1. The van der Waals surface area contributed by atoms with Crippen molar-refractivity contribution in [2.75, 3.05) is 17.2 Å². The fourth-order valence-corrected chi connectivity index (χ4v) is 4.04. The number of anilines is 2. The highest BCUT2D eigenvalue weighted by atomic mass is 15.3. The first-order chi connectivity index (χ1) is 9.81. The predicted molar refractivity (Wildman–Crippen MR) is 82.8 cm³/mol. The van der Waals surface area contributed by atoms with Crippen LogP contribution in [0.1, 0.15) is 38.5 Å². The Balaban J connectivity index is 1.69. The van der Waals surface area contributed by atoms with E-state index in [1.807, 2.05) is 18.2 Å². The summed E-state index contributed by atoms with van der Waals surface area (Å²) in [5.74, 6) is 1.91. The number of nitrogens with one attached hydrogen (secondary N) is 1. The highest BCUT2D eigenvalue weighted by Crippen LogP contribution is 2.37. The summed E-state index contributed by atoms with van der Waals surface area (Å²) in [5, 5.41) is 0. The van der Waals surface area contributed by atoms with Crippen LogP contribution < -0.4 is 10.6 Å². The Bertz CT molecular complexity index is 616. The summed E-state index contributed by atoms with van der Waals surface area (Å²) in [6.45, 7) is 1.14. The minimum absolute atomic E-state index is 0.690. The van der Waals surface area contributed by atoms with Gasteiger partial charge in [-0.15, -0.1) is 0 Å². The Morgan fingerprint density at radius 3 is 2.95 bits per heavy atom. The second-order valence-electron chi connectivity index (χ2n) is 6.28. The molecule has 0 spiro atoms. The SMILES string of the molecule is Nc1ccc2nc(N3CCC[C@H]4CCCC[C@H]43)[nH]c2c1. The van der Waals surface area contributed by atoms with E-state index in [0.29, 0.717) is 6.04 Å². The topological polar surface area (TPSA) is 57.9 Å². The quantitative estimate of drug-likeness (QED) is 0.782. The van der Waals surface area contributed by atoms with Crippen LogP contribution in [0.5, 0.6) is 0 Å². The Morgan fingerprint density at radius 2 is 2.00 bits per heavy atom. The van der Waals surface area contributed by atoms with Gasteiger partial charge in [-0.1, -0.05) is 12.8 Å². The molecule has 1 saturated heterocycles. The van der Waals surface area contributed by atoms with E-state index in [9.17, 15) is 0 Å². The van der Waals surface area contributed by atoms with Crippen molar-refractivity contribution >= 4 is 22.7 Å². The molecule has 2 aromatic rings. The molecule has 1 aliphatic carbocycles. The molecule has 1 aromatic carbocycles. The van der Waals surface area contributed by atoms with E-state index < -0.39 is 0 Å². The molecule has 2 heterocycles. The average molecular weight is 270 g/mol. The van der Waals surface area contributed by atoms with E-state index in [1.54, 1.807) is 0 Å². The number of aromatic nitrogens is 2. The second kappa shape index (κ2) is 4.69. The van der Waals surface area contributed by atoms with Gasteiger partial charge in [0.25, 0.3) is 0 Å². The van der Waals surface area contributed by atoms with Gasteiger partial charge in [0.15, 0.2) is 0 Å². The van der Waals surface area contributed by atoms with Crippen molar-refractivity contribution in [3.63, 3.8) is 0 Å². The van der Waals surface area contributed by atoms with Crippen molar-refractivity contribution in [3.05, 3.63) is 18.2 Å². The second-order valence-corrected chi connectivity index (χ2v) is 6.28. The fraction of sp³-hybridized carbons (Fsp3) is 0.562. The first kappa shape index (κ1) is 12.1. The maximum Gasteiger partial charge on any atom is 0.204 e. The largest absolute Gasteiger partial charge is 0.399 e. The van der Waals surface area contributed by atoms with Crippen molar-refractivity contribution in [2.45, 2.75) is 44.6 Å². The number of piperidine rings is 1. The smallest absolute Gasteiger partial charge is 0.204 e. The number of aromatic amines is 1. The molecule has 4 heteroatoms. The van der Waals surface area contributed by atoms with Gasteiger partial charge in [-0.05, 0) is 49.8 Å². The van der Waals surface area contributed by atoms with E-state index >= 15 is 0 Å². The van der Waals surface area contributed by atoms with Gasteiger partial charge in [0.2, 0.25) is 5.95 Å². The van der Waals surface area contributed by atoms with E-state index in [-0.39, 0.29) is 0 Å². The lowest BCUT2D eigenvalue weighted by Crippen LogP contribution is -2.47. The van der Waals surface area contributed by atoms with Gasteiger partial charge < -0.3 is 15.6 Å². The lowest BCUT2D eigenvalue weighted by atomic mass is 9.78. The van der Waals surface area contributed by atoms with Gasteiger partial charge in [-0.25, -0.2) is 4.98 Å². The van der Waals surface area contributed by atoms with Gasteiger partial charge in [0.05, 0.1) is 11.0 Å². The number of rotatable bonds is 1. The van der Waals surface area contributed by atoms with E-state index in [4.69, 9.17) is 10.7 Å². The summed E-state index contributed by atoms with van der Waals surface area (Å²) >= 11 is 0. The normalized spacial score (nSPS) is 26.7. The van der Waals surface area contributed by atoms with Gasteiger partial charge in [0.1, 0.15) is 0 Å². The standard InChI is InChI=1S/C16H22N4/c17-12-7-8-13-14(10-12)19-16(18-13)20-9-3-5-11-4-1-2-6-15(11)20/h7-8,10-11,15H,1-6,9,17H2,(H,18,19)/t11-,15-/m1/s1. The molecular formula is C16H22N4. The van der Waals surface area contributed by atoms with Crippen LogP contribution in [0.25, 0.3) is 11.0 Å². The van der Waals surface area contributed by atoms with Crippen LogP contribution in [0.2, 0.25) is 0 Å². The first-order valence-corrected chi connectivity index (χ1v) is 7.83. The van der Waals surface area contributed by atoms with Crippen molar-refractivity contribution in [2.24, 2.45) is 5.92 Å². The lowest BCUT2D eigenvalue weighted by Gasteiger charge is -2.44. The van der Waals surface area contributed by atoms with E-state index in [0.717, 1.165) is 35.1 Å². The van der Waals surface area contributed by atoms with Crippen LogP contribution >= 0.6 is 0 Å². The Hall–Kier alpha value is -1.71. The number of hydrogen-bond donors (Lipinski definition) is 2. The summed E-state index contributed by atoms with van der Waals surface area (Å²) in [6, 6.07) is 6.60. The fourth-order valence-electron chi connectivity index (χ4n) is 4.04. The molecule has 1 saturated carbocycles. The average Bonchev–Trinajstić information content (AvgIpc) is 2.89. The maximum atomic E-state index is 5.86. The maximum absolute atomic E-state index is 5.86. The molecule has 1 aliphatic heterocycles. The van der Waals surface area contributed by atoms with Gasteiger partial charge in [-0.2, -0.15) is 0 Å². The summed E-state index contributed by atoms with van der Waals surface area (Å²) < 4.78 is 0. The lowest BCUT2D eigenvalue weighted by molar-refractivity contribution is 0.242. The van der Waals surface area contributed by atoms with Crippen LogP contribution in [0.4, 0.5) is 11.6 Å². The summed E-state index contributed by atoms with van der Waals surface area (Å²) in [5.41, 5.74) is 8.72. The van der Waals surface area contributed by atoms with Crippen molar-refractivity contribution in [3.8, 4) is 0 Å². The van der Waals surface area contributed by atoms with Crippen molar-refractivity contribution < 1.29 is 0 Å². The highest BCUT2D eigenvalue weighted by molar-refractivity contribution is 5.81. The number of hydrogen-bond acceptors (Lipinski definition) is 3. The zero-order valence-electron chi connectivity index (χ0n) is 11.8. The molecular weight excluding hydrogens is 248 g/mol. The molecule has 0 radical (unpaired) electrons. The summed E-state index contributed by atoms with van der Waals surface area (Å²) in [7, 11) is 0. The minimum Gasteiger partial charge on any atom is -0.399 e. The van der Waals surface area contributed by atoms with Gasteiger partial charge in [0, 0.05) is 18.3 Å². The van der Waals surface area contributed by atoms with Crippen LogP contribution in [0.15, 0.2) is 18.2 Å². The van der Waals surface area contributed by atoms with Crippen LogP contribution in [0, 0.1) is 5.92 Å². The van der Waals surface area contributed by atoms with Gasteiger partial charge in [-0.3, -0.25) is 0 Å². The summed E-state index contributed by atoms with van der Waals surface area (Å²) in [4.78, 5) is 10.8. The molecule has 2 fully saturated rings. The molecule has 2 atom stereocenters. The number of imidazole rings is 1. The third kappa shape index (κ3) is 1.94. The monoisotopic (exact) mass is 270 g/mol. The number of nitrogens with zero attached hydrogens (tertiary/aromatic N) is 2. The van der Waals surface area contributed by atoms with Crippen LogP contribution in [-0.4, -0.2) is 22.6 Å². The molecule has 3 N–H and O–H groups in total. The molecule has 4 rings (SSSR count). The van der Waals surface area contributed by atoms with Crippen LogP contribution in [0.3, 0.4) is 0 Å². The zero-order chi connectivity index (χ0) is 13.5. The Labute approximate surface area is 119 Å². The van der Waals surface area contributed by atoms with E-state index in [2.05, 4.69) is 9.88 Å². The zero-order valence-corrected chi connectivity index (χ0v) is 11.8. The number of fused-ring (bicyclic) bond motifs is 2. The minimum atomic E-state index is 0.690. The molecule has 0 bridgehead atoms. The third-order valence-corrected chi connectivity index (χ3v) is 5.01. The number of H-pyrrole nitrogens is 1. The van der Waals surface area contributed by atoms with Crippen molar-refractivity contribution in [1.82, 2.24) is 9.97 Å². The van der Waals surface area contributed by atoms with Crippen LogP contribution in [-0.2, 0) is 0 Å². The molecule has 0 unspecified atom stereocenters. The number of nitrogens with two attached hydrogens (primary N) is 1. The molecule has 1 aromatic heterocycles. The molecule has 2 aliphatic rings. The first-order valence-electron chi connectivity index (χ1n) is 7.83. The Kier molecular flexibility index (Phi) is 2.83. The molecule has 0 amide bonds. The molecule has 4 nitrogen and oxygen atoms in total. The highest BCUT2D eigenvalue weighted by Gasteiger charge is 2.34. The Morgan fingerprint density at radius 1 is 1.15 bits per heavy atom. The predicted octanol–water partition coefficient (Wildman–Crippen LogP) is 3.30. The van der Waals surface area contributed by atoms with E-state index in [1.165, 1.54) is 38.5 Å². The summed E-state index contributed by atoms with van der Waals surface area (Å²) in [6.07, 6.45) is 8.18. The molecule has 106 valence electrons. The van der Waals surface area contributed by atoms with Crippen molar-refractivity contribution in [1.29, 1.82) is 0 Å². The third-order valence-electron chi connectivity index (χ3n) is 5.01. The number of benzene rings is 1.